The van der Waals surface area contributed by atoms with Gasteiger partial charge in [-0.2, -0.15) is 0 Å². The normalized spacial score (nSPS) is 29.6. The second-order valence-electron chi connectivity index (χ2n) is 5.84. The van der Waals surface area contributed by atoms with Crippen molar-refractivity contribution >= 4 is 5.96 Å². The fraction of sp³-hybridized carbons (Fsp3) is 0.929. The maximum absolute atomic E-state index is 5.86. The van der Waals surface area contributed by atoms with Crippen LogP contribution < -0.4 is 11.1 Å². The van der Waals surface area contributed by atoms with Crippen LogP contribution in [-0.4, -0.2) is 56.3 Å². The molecule has 5 nitrogen and oxygen atoms in total. The lowest BCUT2D eigenvalue weighted by Crippen LogP contribution is -2.42. The first-order valence-corrected chi connectivity index (χ1v) is 7.62. The first kappa shape index (κ1) is 14.6. The van der Waals surface area contributed by atoms with E-state index < -0.39 is 0 Å². The van der Waals surface area contributed by atoms with E-state index in [-0.39, 0.29) is 6.10 Å². The van der Waals surface area contributed by atoms with Gasteiger partial charge in [0.1, 0.15) is 0 Å². The summed E-state index contributed by atoms with van der Waals surface area (Å²) in [5.41, 5.74) is 5.86. The van der Waals surface area contributed by atoms with Gasteiger partial charge in [0.15, 0.2) is 5.96 Å². The number of piperidine rings is 1. The fourth-order valence-electron chi connectivity index (χ4n) is 2.88. The van der Waals surface area contributed by atoms with Crippen LogP contribution in [0, 0.1) is 5.92 Å². The highest BCUT2D eigenvalue weighted by Gasteiger charge is 2.16. The number of nitrogens with zero attached hydrogens (tertiary/aromatic N) is 2. The molecule has 2 aliphatic rings. The molecule has 2 heterocycles. The van der Waals surface area contributed by atoms with Crippen LogP contribution in [0.15, 0.2) is 4.99 Å². The molecule has 0 aromatic rings. The van der Waals surface area contributed by atoms with Gasteiger partial charge in [-0.3, -0.25) is 4.99 Å². The molecule has 0 saturated carbocycles. The third kappa shape index (κ3) is 5.37. The fourth-order valence-corrected chi connectivity index (χ4v) is 2.88. The Morgan fingerprint density at radius 3 is 3.05 bits per heavy atom. The summed E-state index contributed by atoms with van der Waals surface area (Å²) in [6.07, 6.45) is 5.24. The molecule has 2 rings (SSSR count). The molecular formula is C14H28N4O. The molecule has 0 spiro atoms. The van der Waals surface area contributed by atoms with Gasteiger partial charge in [0.05, 0.1) is 12.6 Å². The Morgan fingerprint density at radius 1 is 1.42 bits per heavy atom. The minimum atomic E-state index is 0.281. The van der Waals surface area contributed by atoms with Crippen LogP contribution in [-0.2, 0) is 4.74 Å². The van der Waals surface area contributed by atoms with Crippen LogP contribution in [0.2, 0.25) is 0 Å². The Kier molecular flexibility index (Phi) is 5.92. The molecule has 2 atom stereocenters. The lowest BCUT2D eigenvalue weighted by Gasteiger charge is -2.30. The highest BCUT2D eigenvalue weighted by molar-refractivity contribution is 5.77. The highest BCUT2D eigenvalue weighted by Crippen LogP contribution is 2.14. The zero-order chi connectivity index (χ0) is 13.5. The monoisotopic (exact) mass is 268 g/mol. The summed E-state index contributed by atoms with van der Waals surface area (Å²) in [7, 11) is 0. The first-order chi connectivity index (χ1) is 9.24. The van der Waals surface area contributed by atoms with Crippen molar-refractivity contribution in [2.45, 2.75) is 38.7 Å². The Bertz CT molecular complexity index is 289. The minimum absolute atomic E-state index is 0.281. The third-order valence-electron chi connectivity index (χ3n) is 3.96. The number of ether oxygens (including phenoxy) is 1. The van der Waals surface area contributed by atoms with E-state index in [0.29, 0.717) is 12.5 Å². The Labute approximate surface area is 116 Å². The molecule has 0 bridgehead atoms. The molecule has 2 unspecified atom stereocenters. The number of rotatable bonds is 5. The number of nitrogens with one attached hydrogen (secondary N) is 1. The van der Waals surface area contributed by atoms with Crippen molar-refractivity contribution in [1.82, 2.24) is 10.2 Å². The molecule has 0 radical (unpaired) electrons. The summed E-state index contributed by atoms with van der Waals surface area (Å²) >= 11 is 0. The van der Waals surface area contributed by atoms with Crippen molar-refractivity contribution in [2.24, 2.45) is 16.6 Å². The molecular weight excluding hydrogens is 240 g/mol. The molecule has 2 saturated heterocycles. The van der Waals surface area contributed by atoms with Crippen LogP contribution in [0.5, 0.6) is 0 Å². The lowest BCUT2D eigenvalue weighted by molar-refractivity contribution is 0.117. The molecule has 110 valence electrons. The second-order valence-corrected chi connectivity index (χ2v) is 5.84. The number of likely N-dealkylation sites (tertiary alicyclic amines) is 1. The van der Waals surface area contributed by atoms with Gasteiger partial charge in [0.25, 0.3) is 0 Å². The van der Waals surface area contributed by atoms with Crippen LogP contribution in [0.3, 0.4) is 0 Å². The van der Waals surface area contributed by atoms with E-state index in [1.165, 1.54) is 25.9 Å². The zero-order valence-corrected chi connectivity index (χ0v) is 12.1. The third-order valence-corrected chi connectivity index (χ3v) is 3.96. The Balaban J connectivity index is 1.57. The van der Waals surface area contributed by atoms with Gasteiger partial charge < -0.3 is 20.7 Å². The predicted octanol–water partition coefficient (Wildman–Crippen LogP) is 0.802. The lowest BCUT2D eigenvalue weighted by atomic mass is 10.0. The maximum Gasteiger partial charge on any atom is 0.188 e. The largest absolute Gasteiger partial charge is 0.376 e. The van der Waals surface area contributed by atoms with E-state index >= 15 is 0 Å². The van der Waals surface area contributed by atoms with Crippen molar-refractivity contribution in [3.05, 3.63) is 0 Å². The number of guanidine groups is 1. The number of aliphatic imine (C=N–C) groups is 1. The van der Waals surface area contributed by atoms with Gasteiger partial charge in [-0.1, -0.05) is 6.92 Å². The van der Waals surface area contributed by atoms with Crippen LogP contribution >= 0.6 is 0 Å². The molecule has 5 heteroatoms. The first-order valence-electron chi connectivity index (χ1n) is 7.62. The van der Waals surface area contributed by atoms with E-state index in [9.17, 15) is 0 Å². The zero-order valence-electron chi connectivity index (χ0n) is 12.1. The molecule has 0 aliphatic carbocycles. The van der Waals surface area contributed by atoms with Gasteiger partial charge in [-0.05, 0) is 38.1 Å². The molecule has 3 N–H and O–H groups in total. The number of nitrogens with two attached hydrogens (primary N) is 1. The standard InChI is InChI=1S/C14H28N4O/c1-12-4-2-7-18(11-12)8-6-16-14(15)17-10-13-5-3-9-19-13/h12-13H,2-11H2,1H3,(H3,15,16,17). The van der Waals surface area contributed by atoms with Crippen molar-refractivity contribution in [1.29, 1.82) is 0 Å². The van der Waals surface area contributed by atoms with Crippen molar-refractivity contribution in [3.8, 4) is 0 Å². The summed E-state index contributed by atoms with van der Waals surface area (Å²) in [5, 5.41) is 3.20. The van der Waals surface area contributed by atoms with Crippen LogP contribution in [0.4, 0.5) is 0 Å². The van der Waals surface area contributed by atoms with Gasteiger partial charge in [0.2, 0.25) is 0 Å². The summed E-state index contributed by atoms with van der Waals surface area (Å²) < 4.78 is 5.52. The Hall–Kier alpha value is -0.810. The average molecular weight is 268 g/mol. The molecule has 0 amide bonds. The quantitative estimate of drug-likeness (QED) is 0.572. The molecule has 2 fully saturated rings. The van der Waals surface area contributed by atoms with Crippen molar-refractivity contribution in [2.75, 3.05) is 39.3 Å². The maximum atomic E-state index is 5.86. The predicted molar refractivity (Wildman–Crippen MR) is 78.3 cm³/mol. The van der Waals surface area contributed by atoms with Crippen LogP contribution in [0.25, 0.3) is 0 Å². The summed E-state index contributed by atoms with van der Waals surface area (Å²) in [5.74, 6) is 1.39. The number of hydrogen-bond donors (Lipinski definition) is 2. The van der Waals surface area contributed by atoms with Gasteiger partial charge in [-0.15, -0.1) is 0 Å². The SMILES string of the molecule is CC1CCCN(CCNC(N)=NCC2CCCO2)C1. The average Bonchev–Trinajstić information content (AvgIpc) is 2.89. The van der Waals surface area contributed by atoms with Gasteiger partial charge in [0, 0.05) is 26.2 Å². The van der Waals surface area contributed by atoms with E-state index in [1.54, 1.807) is 0 Å². The highest BCUT2D eigenvalue weighted by atomic mass is 16.5. The van der Waals surface area contributed by atoms with Gasteiger partial charge >= 0.3 is 0 Å². The summed E-state index contributed by atoms with van der Waals surface area (Å²) in [4.78, 5) is 6.85. The topological polar surface area (TPSA) is 62.9 Å². The molecule has 0 aromatic carbocycles. The van der Waals surface area contributed by atoms with Gasteiger partial charge in [-0.25, -0.2) is 0 Å². The Morgan fingerprint density at radius 2 is 2.32 bits per heavy atom. The second kappa shape index (κ2) is 7.70. The molecule has 2 aliphatic heterocycles. The van der Waals surface area contributed by atoms with Crippen molar-refractivity contribution in [3.63, 3.8) is 0 Å². The molecule has 0 aromatic heterocycles. The van der Waals surface area contributed by atoms with E-state index in [1.807, 2.05) is 0 Å². The van der Waals surface area contributed by atoms with Crippen molar-refractivity contribution < 1.29 is 4.74 Å². The van der Waals surface area contributed by atoms with E-state index in [4.69, 9.17) is 10.5 Å². The van der Waals surface area contributed by atoms with Crippen LogP contribution in [0.1, 0.15) is 32.6 Å². The smallest absolute Gasteiger partial charge is 0.188 e. The van der Waals surface area contributed by atoms with E-state index in [0.717, 1.165) is 38.5 Å². The number of hydrogen-bond acceptors (Lipinski definition) is 3. The summed E-state index contributed by atoms with van der Waals surface area (Å²) in [6.45, 7) is 8.28. The minimum Gasteiger partial charge on any atom is -0.376 e. The van der Waals surface area contributed by atoms with E-state index in [2.05, 4.69) is 22.1 Å². The molecule has 19 heavy (non-hydrogen) atoms. The summed E-state index contributed by atoms with van der Waals surface area (Å²) in [6, 6.07) is 0.